The summed E-state index contributed by atoms with van der Waals surface area (Å²) in [4.78, 5) is 4.40. The van der Waals surface area contributed by atoms with Crippen molar-refractivity contribution in [3.63, 3.8) is 0 Å². The number of aliphatic imine (C=N–C) groups is 1. The van der Waals surface area contributed by atoms with Gasteiger partial charge in [0.2, 0.25) is 0 Å². The molecule has 162 valence electrons. The molecule has 1 atom stereocenters. The van der Waals surface area contributed by atoms with Crippen LogP contribution in [-0.4, -0.2) is 45.4 Å². The van der Waals surface area contributed by atoms with E-state index in [-0.39, 0.29) is 35.5 Å². The minimum absolute atomic E-state index is 0. The quantitative estimate of drug-likeness (QED) is 0.339. The number of benzene rings is 2. The lowest BCUT2D eigenvalue weighted by Gasteiger charge is -2.38. The molecular weight excluding hydrogens is 513 g/mol. The average molecular weight is 542 g/mol. The van der Waals surface area contributed by atoms with E-state index < -0.39 is 0 Å². The van der Waals surface area contributed by atoms with E-state index in [9.17, 15) is 0 Å². The number of ether oxygens (including phenoxy) is 2. The van der Waals surface area contributed by atoms with Crippen LogP contribution in [0.25, 0.3) is 0 Å². The number of para-hydroxylation sites is 1. The molecule has 0 amide bonds. The molecule has 0 spiro atoms. The SMILES string of the molecule is CN=C(NCC1Cc2ccccc2O1)NCC1(c2ccccc2Cl)CCOCC1.I. The van der Waals surface area contributed by atoms with Crippen molar-refractivity contribution in [1.82, 2.24) is 10.6 Å². The molecule has 0 aliphatic carbocycles. The Morgan fingerprint density at radius 2 is 1.83 bits per heavy atom. The Balaban J connectivity index is 0.00000256. The van der Waals surface area contributed by atoms with Crippen LogP contribution in [0.15, 0.2) is 53.5 Å². The molecule has 2 aliphatic heterocycles. The topological polar surface area (TPSA) is 54.9 Å². The Labute approximate surface area is 200 Å². The minimum Gasteiger partial charge on any atom is -0.488 e. The zero-order chi connectivity index (χ0) is 20.1. The van der Waals surface area contributed by atoms with Crippen LogP contribution in [0.2, 0.25) is 5.02 Å². The summed E-state index contributed by atoms with van der Waals surface area (Å²) in [7, 11) is 1.80. The number of fused-ring (bicyclic) bond motifs is 1. The van der Waals surface area contributed by atoms with Crippen molar-refractivity contribution in [2.24, 2.45) is 4.99 Å². The third-order valence-electron chi connectivity index (χ3n) is 5.92. The number of nitrogens with zero attached hydrogens (tertiary/aromatic N) is 1. The summed E-state index contributed by atoms with van der Waals surface area (Å²) in [5.41, 5.74) is 2.39. The van der Waals surface area contributed by atoms with Gasteiger partial charge in [0.1, 0.15) is 11.9 Å². The summed E-state index contributed by atoms with van der Waals surface area (Å²) in [6.07, 6.45) is 2.90. The smallest absolute Gasteiger partial charge is 0.191 e. The number of hydrogen-bond donors (Lipinski definition) is 2. The molecule has 0 bridgehead atoms. The zero-order valence-corrected chi connectivity index (χ0v) is 20.3. The van der Waals surface area contributed by atoms with Crippen LogP contribution < -0.4 is 15.4 Å². The van der Waals surface area contributed by atoms with Gasteiger partial charge >= 0.3 is 0 Å². The van der Waals surface area contributed by atoms with Crippen LogP contribution in [0.5, 0.6) is 5.75 Å². The van der Waals surface area contributed by atoms with E-state index >= 15 is 0 Å². The number of hydrogen-bond acceptors (Lipinski definition) is 3. The normalized spacial score (nSPS) is 19.9. The van der Waals surface area contributed by atoms with E-state index in [1.165, 1.54) is 11.1 Å². The zero-order valence-electron chi connectivity index (χ0n) is 17.2. The number of nitrogens with one attached hydrogen (secondary N) is 2. The highest BCUT2D eigenvalue weighted by atomic mass is 127. The molecule has 5 nitrogen and oxygen atoms in total. The second-order valence-electron chi connectivity index (χ2n) is 7.73. The summed E-state index contributed by atoms with van der Waals surface area (Å²) in [5.74, 6) is 1.77. The molecule has 2 heterocycles. The van der Waals surface area contributed by atoms with Crippen LogP contribution >= 0.6 is 35.6 Å². The van der Waals surface area contributed by atoms with Gasteiger partial charge in [0.25, 0.3) is 0 Å². The van der Waals surface area contributed by atoms with Gasteiger partial charge in [-0.05, 0) is 36.1 Å². The Kier molecular flexibility index (Phi) is 8.25. The van der Waals surface area contributed by atoms with Gasteiger partial charge in [0.15, 0.2) is 5.96 Å². The molecule has 0 radical (unpaired) electrons. The molecule has 1 fully saturated rings. The lowest BCUT2D eigenvalue weighted by molar-refractivity contribution is 0.0514. The second kappa shape index (κ2) is 10.7. The number of halogens is 2. The lowest BCUT2D eigenvalue weighted by atomic mass is 9.74. The summed E-state index contributed by atoms with van der Waals surface area (Å²) in [5, 5.41) is 7.75. The maximum atomic E-state index is 6.56. The fraction of sp³-hybridized carbons (Fsp3) is 0.435. The predicted octanol–water partition coefficient (Wildman–Crippen LogP) is 4.17. The van der Waals surface area contributed by atoms with Gasteiger partial charge < -0.3 is 20.1 Å². The molecule has 30 heavy (non-hydrogen) atoms. The molecule has 2 aromatic carbocycles. The molecule has 2 aromatic rings. The van der Waals surface area contributed by atoms with E-state index in [1.54, 1.807) is 7.05 Å². The molecule has 0 saturated carbocycles. The van der Waals surface area contributed by atoms with Crippen LogP contribution in [0.4, 0.5) is 0 Å². The summed E-state index contributed by atoms with van der Waals surface area (Å²) >= 11 is 6.56. The molecule has 1 unspecified atom stereocenters. The van der Waals surface area contributed by atoms with Gasteiger partial charge in [0, 0.05) is 43.7 Å². The average Bonchev–Trinajstić information content (AvgIpc) is 3.18. The molecule has 1 saturated heterocycles. The molecule has 0 aromatic heterocycles. The molecule has 2 N–H and O–H groups in total. The summed E-state index contributed by atoms with van der Waals surface area (Å²) in [6.45, 7) is 2.95. The highest BCUT2D eigenvalue weighted by Gasteiger charge is 2.36. The Bertz CT molecular complexity index is 846. The van der Waals surface area contributed by atoms with E-state index in [4.69, 9.17) is 21.1 Å². The maximum Gasteiger partial charge on any atom is 0.191 e. The molecule has 4 rings (SSSR count). The van der Waals surface area contributed by atoms with Crippen molar-refractivity contribution < 1.29 is 9.47 Å². The van der Waals surface area contributed by atoms with Gasteiger partial charge in [-0.1, -0.05) is 48.0 Å². The third kappa shape index (κ3) is 5.21. The van der Waals surface area contributed by atoms with Gasteiger partial charge in [-0.15, -0.1) is 24.0 Å². The lowest BCUT2D eigenvalue weighted by Crippen LogP contribution is -2.49. The fourth-order valence-electron chi connectivity index (χ4n) is 4.25. The van der Waals surface area contributed by atoms with Gasteiger partial charge in [-0.3, -0.25) is 4.99 Å². The van der Waals surface area contributed by atoms with Gasteiger partial charge in [0.05, 0.1) is 6.54 Å². The standard InChI is InChI=1S/C23H28ClN3O2.HI/c1-25-22(26-15-18-14-17-6-2-5-9-21(17)29-18)27-16-23(10-12-28-13-11-23)19-7-3-4-8-20(19)24;/h2-9,18H,10-16H2,1H3,(H2,25,26,27);1H. The van der Waals surface area contributed by atoms with E-state index in [1.807, 2.05) is 24.3 Å². The van der Waals surface area contributed by atoms with Crippen molar-refractivity contribution in [3.05, 3.63) is 64.7 Å². The van der Waals surface area contributed by atoms with E-state index in [0.717, 1.165) is 55.8 Å². The first-order valence-corrected chi connectivity index (χ1v) is 10.6. The first-order valence-electron chi connectivity index (χ1n) is 10.2. The first-order chi connectivity index (χ1) is 14.2. The molecule has 2 aliphatic rings. The minimum atomic E-state index is -0.0612. The molecular formula is C23H29ClIN3O2. The first kappa shape index (κ1) is 23.2. The molecule has 7 heteroatoms. The Morgan fingerprint density at radius 1 is 1.10 bits per heavy atom. The Morgan fingerprint density at radius 3 is 2.57 bits per heavy atom. The number of rotatable bonds is 5. The fourth-order valence-corrected chi connectivity index (χ4v) is 4.58. The largest absolute Gasteiger partial charge is 0.488 e. The van der Waals surface area contributed by atoms with Gasteiger partial charge in [-0.25, -0.2) is 0 Å². The van der Waals surface area contributed by atoms with Crippen molar-refractivity contribution in [1.29, 1.82) is 0 Å². The second-order valence-corrected chi connectivity index (χ2v) is 8.14. The van der Waals surface area contributed by atoms with Crippen LogP contribution in [0, 0.1) is 0 Å². The van der Waals surface area contributed by atoms with E-state index in [2.05, 4.69) is 39.9 Å². The number of guanidine groups is 1. The predicted molar refractivity (Wildman–Crippen MR) is 133 cm³/mol. The van der Waals surface area contributed by atoms with Crippen molar-refractivity contribution in [3.8, 4) is 5.75 Å². The maximum absolute atomic E-state index is 6.56. The van der Waals surface area contributed by atoms with Crippen molar-refractivity contribution >= 4 is 41.5 Å². The van der Waals surface area contributed by atoms with Crippen LogP contribution in [0.3, 0.4) is 0 Å². The van der Waals surface area contributed by atoms with E-state index in [0.29, 0.717) is 6.54 Å². The van der Waals surface area contributed by atoms with Crippen LogP contribution in [-0.2, 0) is 16.6 Å². The van der Waals surface area contributed by atoms with Gasteiger partial charge in [-0.2, -0.15) is 0 Å². The van der Waals surface area contributed by atoms with Crippen molar-refractivity contribution in [2.45, 2.75) is 30.8 Å². The van der Waals surface area contributed by atoms with Crippen molar-refractivity contribution in [2.75, 3.05) is 33.4 Å². The monoisotopic (exact) mass is 541 g/mol. The summed E-state index contributed by atoms with van der Waals surface area (Å²) in [6, 6.07) is 16.4. The third-order valence-corrected chi connectivity index (χ3v) is 6.25. The summed E-state index contributed by atoms with van der Waals surface area (Å²) < 4.78 is 11.7. The highest BCUT2D eigenvalue weighted by molar-refractivity contribution is 14.0. The Hall–Kier alpha value is -1.51. The highest BCUT2D eigenvalue weighted by Crippen LogP contribution is 2.38. The van der Waals surface area contributed by atoms with Crippen LogP contribution in [0.1, 0.15) is 24.0 Å².